The summed E-state index contributed by atoms with van der Waals surface area (Å²) in [7, 11) is 0. The highest BCUT2D eigenvalue weighted by Gasteiger charge is 2.38. The summed E-state index contributed by atoms with van der Waals surface area (Å²) in [6, 6.07) is 9.51. The van der Waals surface area contributed by atoms with E-state index in [2.05, 4.69) is 31.1 Å². The third-order valence-corrected chi connectivity index (χ3v) is 4.95. The smallest absolute Gasteiger partial charge is 0.268 e. The van der Waals surface area contributed by atoms with Crippen LogP contribution in [0.1, 0.15) is 31.3 Å². The van der Waals surface area contributed by atoms with E-state index in [9.17, 15) is 9.59 Å². The molecule has 1 atom stereocenters. The second-order valence-corrected chi connectivity index (χ2v) is 7.12. The average Bonchev–Trinajstić information content (AvgIpc) is 3.06. The zero-order chi connectivity index (χ0) is 16.6. The van der Waals surface area contributed by atoms with Crippen LogP contribution in [-0.2, 0) is 4.79 Å². The summed E-state index contributed by atoms with van der Waals surface area (Å²) in [4.78, 5) is 29.4. The zero-order valence-corrected chi connectivity index (χ0v) is 13.8. The zero-order valence-electron chi connectivity index (χ0n) is 13.8. The lowest BCUT2D eigenvalue weighted by atomic mass is 9.84. The summed E-state index contributed by atoms with van der Waals surface area (Å²) in [5, 5.41) is 3.70. The quantitative estimate of drug-likeness (QED) is 0.914. The topological polar surface area (TPSA) is 65.2 Å². The third kappa shape index (κ3) is 3.09. The Balaban J connectivity index is 1.60. The van der Waals surface area contributed by atoms with Crippen LogP contribution in [0.2, 0.25) is 0 Å². The van der Waals surface area contributed by atoms with Gasteiger partial charge < -0.3 is 15.2 Å². The van der Waals surface area contributed by atoms with Gasteiger partial charge in [0, 0.05) is 24.0 Å². The van der Waals surface area contributed by atoms with Crippen molar-refractivity contribution in [1.29, 1.82) is 0 Å². The van der Waals surface area contributed by atoms with E-state index >= 15 is 0 Å². The highest BCUT2D eigenvalue weighted by atomic mass is 16.2. The van der Waals surface area contributed by atoms with Gasteiger partial charge in [0.1, 0.15) is 5.69 Å². The maximum absolute atomic E-state index is 12.3. The minimum Gasteiger partial charge on any atom is -0.351 e. The first-order valence-electron chi connectivity index (χ1n) is 8.00. The number of carbonyl (C=O) groups is 2. The fraction of sp³-hybridized carbons (Fsp3) is 0.444. The Bertz CT molecular complexity index is 715. The molecule has 0 saturated carbocycles. The fourth-order valence-corrected chi connectivity index (χ4v) is 3.04. The van der Waals surface area contributed by atoms with Gasteiger partial charge in [-0.05, 0) is 23.5 Å². The summed E-state index contributed by atoms with van der Waals surface area (Å²) in [6.45, 7) is 8.05. The van der Waals surface area contributed by atoms with Crippen LogP contribution in [0.4, 0.5) is 0 Å². The number of fused-ring (bicyclic) bond motifs is 1. The number of benzene rings is 1. The monoisotopic (exact) mass is 313 g/mol. The molecule has 1 aliphatic heterocycles. The first kappa shape index (κ1) is 15.6. The summed E-state index contributed by atoms with van der Waals surface area (Å²) in [5.74, 6) is 0.198. The lowest BCUT2D eigenvalue weighted by molar-refractivity contribution is -0.129. The Labute approximate surface area is 136 Å². The van der Waals surface area contributed by atoms with Gasteiger partial charge in [-0.2, -0.15) is 0 Å². The number of likely N-dealkylation sites (tertiary alicyclic amines) is 1. The highest BCUT2D eigenvalue weighted by molar-refractivity contribution is 5.99. The van der Waals surface area contributed by atoms with Crippen LogP contribution in [0.5, 0.6) is 0 Å². The number of hydrogen-bond acceptors (Lipinski definition) is 2. The molecular weight excluding hydrogens is 290 g/mol. The van der Waals surface area contributed by atoms with E-state index in [1.165, 1.54) is 0 Å². The number of rotatable bonds is 3. The molecule has 1 saturated heterocycles. The van der Waals surface area contributed by atoms with Crippen molar-refractivity contribution < 1.29 is 9.59 Å². The van der Waals surface area contributed by atoms with Crippen LogP contribution in [0.15, 0.2) is 30.3 Å². The first-order chi connectivity index (χ1) is 10.9. The number of H-pyrrole nitrogens is 1. The van der Waals surface area contributed by atoms with Gasteiger partial charge in [0.2, 0.25) is 5.91 Å². The van der Waals surface area contributed by atoms with Crippen molar-refractivity contribution >= 4 is 22.7 Å². The van der Waals surface area contributed by atoms with Crippen LogP contribution in [0.25, 0.3) is 10.9 Å². The molecule has 2 heterocycles. The molecule has 0 spiro atoms. The van der Waals surface area contributed by atoms with Crippen molar-refractivity contribution in [1.82, 2.24) is 15.2 Å². The second kappa shape index (κ2) is 5.72. The summed E-state index contributed by atoms with van der Waals surface area (Å²) >= 11 is 0. The van der Waals surface area contributed by atoms with Crippen molar-refractivity contribution in [3.8, 4) is 0 Å². The summed E-state index contributed by atoms with van der Waals surface area (Å²) in [5.41, 5.74) is 1.53. The molecule has 2 N–H and O–H groups in total. The number of nitrogens with one attached hydrogen (secondary N) is 2. The molecule has 1 aromatic carbocycles. The van der Waals surface area contributed by atoms with Crippen molar-refractivity contribution in [2.45, 2.75) is 20.8 Å². The van der Waals surface area contributed by atoms with E-state index in [0.29, 0.717) is 11.6 Å². The molecular formula is C18H23N3O2. The molecule has 1 unspecified atom stereocenters. The van der Waals surface area contributed by atoms with E-state index in [-0.39, 0.29) is 23.8 Å². The van der Waals surface area contributed by atoms with Gasteiger partial charge in [0.25, 0.3) is 5.91 Å². The summed E-state index contributed by atoms with van der Waals surface area (Å²) < 4.78 is 0. The predicted octanol–water partition coefficient (Wildman–Crippen LogP) is 2.40. The van der Waals surface area contributed by atoms with Crippen molar-refractivity contribution in [2.75, 3.05) is 19.6 Å². The average molecular weight is 313 g/mol. The molecule has 1 aromatic heterocycles. The van der Waals surface area contributed by atoms with Crippen LogP contribution >= 0.6 is 0 Å². The fourth-order valence-electron chi connectivity index (χ4n) is 3.04. The van der Waals surface area contributed by atoms with Crippen LogP contribution in [0.3, 0.4) is 0 Å². The van der Waals surface area contributed by atoms with Crippen LogP contribution in [0, 0.1) is 11.3 Å². The van der Waals surface area contributed by atoms with Gasteiger partial charge in [-0.1, -0.05) is 39.0 Å². The van der Waals surface area contributed by atoms with E-state index in [1.807, 2.05) is 29.2 Å². The van der Waals surface area contributed by atoms with E-state index < -0.39 is 0 Å². The number of aromatic nitrogens is 1. The molecule has 23 heavy (non-hydrogen) atoms. The van der Waals surface area contributed by atoms with E-state index in [0.717, 1.165) is 24.0 Å². The maximum Gasteiger partial charge on any atom is 0.268 e. The predicted molar refractivity (Wildman–Crippen MR) is 90.2 cm³/mol. The molecule has 2 aromatic rings. The van der Waals surface area contributed by atoms with Gasteiger partial charge in [-0.15, -0.1) is 0 Å². The highest BCUT2D eigenvalue weighted by Crippen LogP contribution is 2.34. The number of aromatic amines is 1. The second-order valence-electron chi connectivity index (χ2n) is 7.12. The minimum absolute atomic E-state index is 0.0214. The van der Waals surface area contributed by atoms with Gasteiger partial charge in [0.15, 0.2) is 0 Å². The van der Waals surface area contributed by atoms with E-state index in [1.54, 1.807) is 6.07 Å². The van der Waals surface area contributed by atoms with Gasteiger partial charge >= 0.3 is 0 Å². The van der Waals surface area contributed by atoms with Crippen LogP contribution < -0.4 is 5.32 Å². The molecule has 2 amide bonds. The lowest BCUT2D eigenvalue weighted by Crippen LogP contribution is -2.39. The number of nitrogens with zero attached hydrogens (tertiary/aromatic N) is 1. The number of hydrogen-bond donors (Lipinski definition) is 2. The van der Waals surface area contributed by atoms with Gasteiger partial charge in [-0.25, -0.2) is 0 Å². The molecule has 5 heteroatoms. The Hall–Kier alpha value is -2.30. The molecule has 0 aliphatic carbocycles. The van der Waals surface area contributed by atoms with Crippen molar-refractivity contribution in [3.63, 3.8) is 0 Å². The number of carbonyl (C=O) groups excluding carboxylic acids is 2. The van der Waals surface area contributed by atoms with Crippen molar-refractivity contribution in [3.05, 3.63) is 36.0 Å². The lowest BCUT2D eigenvalue weighted by Gasteiger charge is -2.22. The number of para-hydroxylation sites is 1. The third-order valence-electron chi connectivity index (χ3n) is 4.95. The normalized spacial score (nSPS) is 20.0. The van der Waals surface area contributed by atoms with E-state index in [4.69, 9.17) is 0 Å². The number of amides is 2. The molecule has 0 bridgehead atoms. The Morgan fingerprint density at radius 3 is 2.74 bits per heavy atom. The Morgan fingerprint density at radius 1 is 1.35 bits per heavy atom. The largest absolute Gasteiger partial charge is 0.351 e. The minimum atomic E-state index is -0.249. The molecule has 1 aliphatic rings. The standard InChI is InChI=1S/C18H23N3O2/c1-12-10-21(11-18(12,2)3)16(22)9-19-17(23)15-8-13-6-4-5-7-14(13)20-15/h4-8,12,20H,9-11H2,1-3H3,(H,19,23). The van der Waals surface area contributed by atoms with Crippen LogP contribution in [-0.4, -0.2) is 41.3 Å². The SMILES string of the molecule is CC1CN(C(=O)CNC(=O)c2cc3ccccc3[nH]2)CC1(C)C. The first-order valence-corrected chi connectivity index (χ1v) is 8.00. The van der Waals surface area contributed by atoms with Crippen molar-refractivity contribution in [2.24, 2.45) is 11.3 Å². The maximum atomic E-state index is 12.3. The Kier molecular flexibility index (Phi) is 3.88. The molecule has 5 nitrogen and oxygen atoms in total. The molecule has 1 fully saturated rings. The molecule has 3 rings (SSSR count). The Morgan fingerprint density at radius 2 is 2.09 bits per heavy atom. The van der Waals surface area contributed by atoms with Gasteiger partial charge in [0.05, 0.1) is 6.54 Å². The van der Waals surface area contributed by atoms with Gasteiger partial charge in [-0.3, -0.25) is 9.59 Å². The summed E-state index contributed by atoms with van der Waals surface area (Å²) in [6.07, 6.45) is 0. The molecule has 0 radical (unpaired) electrons. The molecule has 122 valence electrons.